The van der Waals surface area contributed by atoms with Crippen LogP contribution in [0.4, 0.5) is 4.79 Å². The van der Waals surface area contributed by atoms with Gasteiger partial charge < -0.3 is 10.6 Å². The topological polar surface area (TPSA) is 71.3 Å². The fourth-order valence-electron chi connectivity index (χ4n) is 3.04. The van der Waals surface area contributed by atoms with Crippen LogP contribution in [0.1, 0.15) is 45.5 Å². The predicted octanol–water partition coefficient (Wildman–Crippen LogP) is 3.01. The highest BCUT2D eigenvalue weighted by Gasteiger charge is 2.30. The molecular weight excluding hydrogens is 322 g/mol. The van der Waals surface area contributed by atoms with Gasteiger partial charge in [-0.3, -0.25) is 4.40 Å². The largest absolute Gasteiger partial charge is 0.337 e. The molecule has 1 saturated heterocycles. The van der Waals surface area contributed by atoms with E-state index in [9.17, 15) is 4.79 Å². The SMILES string of the molecule is CC(C)[C@@H](NC(=O)NC[C@]1(C)CCCS1)c1nnc2ccccn12. The van der Waals surface area contributed by atoms with E-state index in [1.54, 1.807) is 0 Å². The Bertz CT molecular complexity index is 708. The summed E-state index contributed by atoms with van der Waals surface area (Å²) in [6.07, 6.45) is 4.31. The number of carbonyl (C=O) groups is 1. The molecule has 7 heteroatoms. The van der Waals surface area contributed by atoms with Crippen molar-refractivity contribution < 1.29 is 4.79 Å². The van der Waals surface area contributed by atoms with Gasteiger partial charge in [-0.2, -0.15) is 11.8 Å². The van der Waals surface area contributed by atoms with Crippen molar-refractivity contribution in [1.82, 2.24) is 25.2 Å². The third kappa shape index (κ3) is 3.66. The molecule has 0 aromatic carbocycles. The van der Waals surface area contributed by atoms with Crippen molar-refractivity contribution in [3.8, 4) is 0 Å². The summed E-state index contributed by atoms with van der Waals surface area (Å²) in [5, 5.41) is 14.6. The summed E-state index contributed by atoms with van der Waals surface area (Å²) in [5.74, 6) is 2.15. The molecule has 6 nitrogen and oxygen atoms in total. The van der Waals surface area contributed by atoms with E-state index in [-0.39, 0.29) is 22.7 Å². The van der Waals surface area contributed by atoms with Crippen molar-refractivity contribution in [2.75, 3.05) is 12.3 Å². The van der Waals surface area contributed by atoms with Crippen molar-refractivity contribution in [2.24, 2.45) is 5.92 Å². The highest BCUT2D eigenvalue weighted by molar-refractivity contribution is 8.00. The fraction of sp³-hybridized carbons (Fsp3) is 0.588. The number of pyridine rings is 1. The summed E-state index contributed by atoms with van der Waals surface area (Å²) >= 11 is 1.94. The van der Waals surface area contributed by atoms with E-state index in [4.69, 9.17) is 0 Å². The van der Waals surface area contributed by atoms with Gasteiger partial charge in [-0.05, 0) is 43.6 Å². The first-order valence-electron chi connectivity index (χ1n) is 8.46. The molecule has 130 valence electrons. The Labute approximate surface area is 146 Å². The number of nitrogens with one attached hydrogen (secondary N) is 2. The minimum Gasteiger partial charge on any atom is -0.337 e. The molecule has 2 atom stereocenters. The average molecular weight is 347 g/mol. The predicted molar refractivity (Wildman–Crippen MR) is 97.2 cm³/mol. The highest BCUT2D eigenvalue weighted by atomic mass is 32.2. The molecule has 2 amide bonds. The molecular formula is C17H25N5OS. The molecule has 2 N–H and O–H groups in total. The lowest BCUT2D eigenvalue weighted by Crippen LogP contribution is -2.45. The van der Waals surface area contributed by atoms with Gasteiger partial charge in [-0.25, -0.2) is 4.79 Å². The van der Waals surface area contributed by atoms with Gasteiger partial charge in [0.05, 0.1) is 6.04 Å². The Kier molecular flexibility index (Phi) is 4.99. The summed E-state index contributed by atoms with van der Waals surface area (Å²) in [5.41, 5.74) is 0.787. The molecule has 0 radical (unpaired) electrons. The van der Waals surface area contributed by atoms with Crippen LogP contribution in [-0.2, 0) is 0 Å². The molecule has 3 heterocycles. The second-order valence-electron chi connectivity index (χ2n) is 6.94. The van der Waals surface area contributed by atoms with Crippen LogP contribution in [0.2, 0.25) is 0 Å². The van der Waals surface area contributed by atoms with Crippen LogP contribution >= 0.6 is 11.8 Å². The lowest BCUT2D eigenvalue weighted by Gasteiger charge is -2.25. The van der Waals surface area contributed by atoms with Crippen molar-refractivity contribution in [3.05, 3.63) is 30.2 Å². The molecule has 0 bridgehead atoms. The van der Waals surface area contributed by atoms with Crippen LogP contribution in [0.15, 0.2) is 24.4 Å². The molecule has 0 spiro atoms. The van der Waals surface area contributed by atoms with Gasteiger partial charge in [0.25, 0.3) is 0 Å². The number of thioether (sulfide) groups is 1. The lowest BCUT2D eigenvalue weighted by molar-refractivity contribution is 0.231. The molecule has 0 aliphatic carbocycles. The van der Waals surface area contributed by atoms with Gasteiger partial charge in [-0.15, -0.1) is 10.2 Å². The zero-order valence-corrected chi connectivity index (χ0v) is 15.3. The van der Waals surface area contributed by atoms with Gasteiger partial charge in [0, 0.05) is 17.5 Å². The average Bonchev–Trinajstić information content (AvgIpc) is 3.17. The van der Waals surface area contributed by atoms with Gasteiger partial charge in [0.1, 0.15) is 0 Å². The van der Waals surface area contributed by atoms with Gasteiger partial charge >= 0.3 is 6.03 Å². The van der Waals surface area contributed by atoms with Gasteiger partial charge in [0.15, 0.2) is 11.5 Å². The minimum atomic E-state index is -0.188. The number of fused-ring (bicyclic) bond motifs is 1. The number of hydrogen-bond donors (Lipinski definition) is 2. The second-order valence-corrected chi connectivity index (χ2v) is 8.62. The van der Waals surface area contributed by atoms with Crippen LogP contribution in [0.3, 0.4) is 0 Å². The molecule has 0 unspecified atom stereocenters. The Morgan fingerprint density at radius 1 is 1.42 bits per heavy atom. The van der Waals surface area contributed by atoms with Crippen molar-refractivity contribution in [2.45, 2.75) is 44.4 Å². The molecule has 2 aromatic heterocycles. The normalized spacial score (nSPS) is 22.0. The molecule has 24 heavy (non-hydrogen) atoms. The highest BCUT2D eigenvalue weighted by Crippen LogP contribution is 2.36. The standard InChI is InChI=1S/C17H25N5OS/c1-12(2)14(15-21-20-13-7-4-5-9-22(13)15)19-16(23)18-11-17(3)8-6-10-24-17/h4-5,7,9,12,14H,6,8,10-11H2,1-3H3,(H2,18,19,23)/t14-,17+/m1/s1. The van der Waals surface area contributed by atoms with Crippen LogP contribution in [0.5, 0.6) is 0 Å². The number of aromatic nitrogens is 3. The lowest BCUT2D eigenvalue weighted by atomic mass is 10.0. The van der Waals surface area contributed by atoms with Crippen molar-refractivity contribution in [1.29, 1.82) is 0 Å². The number of urea groups is 1. The quantitative estimate of drug-likeness (QED) is 0.872. The van der Waals surface area contributed by atoms with E-state index in [0.29, 0.717) is 6.54 Å². The van der Waals surface area contributed by atoms with E-state index >= 15 is 0 Å². The summed E-state index contributed by atoms with van der Waals surface area (Å²) in [6.45, 7) is 7.05. The Hall–Kier alpha value is -1.76. The van der Waals surface area contributed by atoms with Crippen molar-refractivity contribution >= 4 is 23.4 Å². The molecule has 2 aromatic rings. The zero-order chi connectivity index (χ0) is 17.2. The first-order chi connectivity index (χ1) is 11.5. The number of nitrogens with zero attached hydrogens (tertiary/aromatic N) is 3. The molecule has 1 fully saturated rings. The van der Waals surface area contributed by atoms with Gasteiger partial charge in [-0.1, -0.05) is 19.9 Å². The third-order valence-electron chi connectivity index (χ3n) is 4.49. The van der Waals surface area contributed by atoms with Crippen LogP contribution < -0.4 is 10.6 Å². The van der Waals surface area contributed by atoms with Crippen LogP contribution in [0.25, 0.3) is 5.65 Å². The number of amides is 2. The Balaban J connectivity index is 1.69. The summed E-state index contributed by atoms with van der Waals surface area (Å²) in [7, 11) is 0. The van der Waals surface area contributed by atoms with Crippen molar-refractivity contribution in [3.63, 3.8) is 0 Å². The second kappa shape index (κ2) is 7.01. The van der Waals surface area contributed by atoms with E-state index in [1.807, 2.05) is 40.6 Å². The van der Waals surface area contributed by atoms with E-state index in [1.165, 1.54) is 12.2 Å². The summed E-state index contributed by atoms with van der Waals surface area (Å²) < 4.78 is 2.09. The number of hydrogen-bond acceptors (Lipinski definition) is 4. The van der Waals surface area contributed by atoms with Gasteiger partial charge in [0.2, 0.25) is 0 Å². The minimum absolute atomic E-state index is 0.143. The molecule has 1 aliphatic heterocycles. The third-order valence-corrected chi connectivity index (χ3v) is 6.03. The molecule has 1 aliphatic rings. The maximum atomic E-state index is 12.4. The van der Waals surface area contributed by atoms with E-state index in [0.717, 1.165) is 17.9 Å². The number of rotatable bonds is 5. The summed E-state index contributed by atoms with van der Waals surface area (Å²) in [4.78, 5) is 12.4. The van der Waals surface area contributed by atoms with E-state index < -0.39 is 0 Å². The Morgan fingerprint density at radius 3 is 2.96 bits per heavy atom. The number of carbonyl (C=O) groups excluding carboxylic acids is 1. The van der Waals surface area contributed by atoms with E-state index in [2.05, 4.69) is 41.6 Å². The molecule has 0 saturated carbocycles. The Morgan fingerprint density at radius 2 is 2.25 bits per heavy atom. The first kappa shape index (κ1) is 17.1. The van der Waals surface area contributed by atoms with Crippen LogP contribution in [-0.4, -0.2) is 37.7 Å². The maximum absolute atomic E-state index is 12.4. The maximum Gasteiger partial charge on any atom is 0.315 e. The molecule has 3 rings (SSSR count). The smallest absolute Gasteiger partial charge is 0.315 e. The first-order valence-corrected chi connectivity index (χ1v) is 9.45. The fourth-order valence-corrected chi connectivity index (χ4v) is 4.28. The zero-order valence-electron chi connectivity index (χ0n) is 14.5. The monoisotopic (exact) mass is 347 g/mol. The summed E-state index contributed by atoms with van der Waals surface area (Å²) in [6, 6.07) is 5.45. The van der Waals surface area contributed by atoms with Crippen LogP contribution in [0, 0.1) is 5.92 Å².